The molecule has 0 amide bonds. The number of rotatable bonds is 3. The average molecular weight is 269 g/mol. The zero-order valence-electron chi connectivity index (χ0n) is 11.7. The molecule has 2 aromatic heterocycles. The number of aromatic nitrogens is 4. The van der Waals surface area contributed by atoms with Crippen molar-refractivity contribution in [3.63, 3.8) is 0 Å². The van der Waals surface area contributed by atoms with E-state index in [9.17, 15) is 0 Å². The molecule has 1 aliphatic carbocycles. The molecule has 1 N–H and O–H groups in total. The van der Waals surface area contributed by atoms with E-state index in [1.165, 1.54) is 24.2 Å². The van der Waals surface area contributed by atoms with Gasteiger partial charge in [0.05, 0.1) is 6.04 Å². The molecule has 0 radical (unpaired) electrons. The molecule has 1 saturated carbocycles. The van der Waals surface area contributed by atoms with Crippen LogP contribution < -0.4 is 5.32 Å². The first-order valence-electron chi connectivity index (χ1n) is 7.41. The number of fused-ring (bicyclic) bond motifs is 1. The van der Waals surface area contributed by atoms with Crippen molar-refractivity contribution in [1.82, 2.24) is 25.1 Å². The molecule has 2 aromatic rings. The van der Waals surface area contributed by atoms with Gasteiger partial charge in [0.25, 0.3) is 0 Å². The summed E-state index contributed by atoms with van der Waals surface area (Å²) in [5, 5.41) is 12.5. The third-order valence-electron chi connectivity index (χ3n) is 4.53. The first-order chi connectivity index (χ1) is 9.84. The minimum absolute atomic E-state index is 0.138. The van der Waals surface area contributed by atoms with Crippen LogP contribution in [0.15, 0.2) is 24.5 Å². The lowest BCUT2D eigenvalue weighted by Crippen LogP contribution is -2.35. The summed E-state index contributed by atoms with van der Waals surface area (Å²) in [5.74, 6) is 3.57. The quantitative estimate of drug-likeness (QED) is 0.924. The van der Waals surface area contributed by atoms with Crippen LogP contribution in [0.4, 0.5) is 0 Å². The van der Waals surface area contributed by atoms with Crippen molar-refractivity contribution in [2.45, 2.75) is 38.3 Å². The van der Waals surface area contributed by atoms with E-state index in [1.54, 1.807) is 0 Å². The maximum Gasteiger partial charge on any atom is 0.154 e. The molecule has 0 bridgehead atoms. The van der Waals surface area contributed by atoms with Crippen LogP contribution in [0.5, 0.6) is 0 Å². The van der Waals surface area contributed by atoms with Gasteiger partial charge in [0.15, 0.2) is 5.82 Å². The maximum absolute atomic E-state index is 4.49. The summed E-state index contributed by atoms with van der Waals surface area (Å²) >= 11 is 0. The number of nitrogens with one attached hydrogen (secondary N) is 1. The predicted molar refractivity (Wildman–Crippen MR) is 75.2 cm³/mol. The minimum atomic E-state index is 0.138. The van der Waals surface area contributed by atoms with Gasteiger partial charge in [-0.05, 0) is 36.5 Å². The molecule has 1 fully saturated rings. The molecule has 0 aromatic carbocycles. The Morgan fingerprint density at radius 3 is 2.80 bits per heavy atom. The Labute approximate surface area is 118 Å². The van der Waals surface area contributed by atoms with Gasteiger partial charge >= 0.3 is 0 Å². The van der Waals surface area contributed by atoms with Crippen molar-refractivity contribution in [1.29, 1.82) is 0 Å². The standard InChI is InChI=1S/C15H19N5/c1-10(11-2-3-11)14-18-19-15-13(17-8-9-20(14)15)12-4-6-16-7-5-12/h4-7,10-11,13,17H,2-3,8-9H2,1H3. The Kier molecular flexibility index (Phi) is 2.80. The van der Waals surface area contributed by atoms with Gasteiger partial charge in [-0.25, -0.2) is 0 Å². The summed E-state index contributed by atoms with van der Waals surface area (Å²) in [6.07, 6.45) is 6.35. The largest absolute Gasteiger partial charge is 0.312 e. The van der Waals surface area contributed by atoms with E-state index in [4.69, 9.17) is 0 Å². The van der Waals surface area contributed by atoms with Crippen LogP contribution in [0.25, 0.3) is 0 Å². The lowest BCUT2D eigenvalue weighted by Gasteiger charge is -2.26. The van der Waals surface area contributed by atoms with E-state index in [-0.39, 0.29) is 6.04 Å². The zero-order valence-corrected chi connectivity index (χ0v) is 11.7. The summed E-state index contributed by atoms with van der Waals surface area (Å²) < 4.78 is 2.32. The molecule has 104 valence electrons. The number of pyridine rings is 1. The fourth-order valence-corrected chi connectivity index (χ4v) is 3.15. The van der Waals surface area contributed by atoms with Gasteiger partial charge in [-0.1, -0.05) is 6.92 Å². The van der Waals surface area contributed by atoms with E-state index in [1.807, 2.05) is 24.5 Å². The summed E-state index contributed by atoms with van der Waals surface area (Å²) in [6, 6.07) is 4.23. The maximum atomic E-state index is 4.49. The van der Waals surface area contributed by atoms with Crippen LogP contribution in [-0.2, 0) is 6.54 Å². The van der Waals surface area contributed by atoms with Crippen molar-refractivity contribution in [3.05, 3.63) is 41.7 Å². The highest BCUT2D eigenvalue weighted by Crippen LogP contribution is 2.42. The first kappa shape index (κ1) is 12.0. The fourth-order valence-electron chi connectivity index (χ4n) is 3.15. The Balaban J connectivity index is 1.71. The first-order valence-corrected chi connectivity index (χ1v) is 7.41. The van der Waals surface area contributed by atoms with Gasteiger partial charge in [-0.2, -0.15) is 0 Å². The molecular weight excluding hydrogens is 250 g/mol. The highest BCUT2D eigenvalue weighted by atomic mass is 15.3. The van der Waals surface area contributed by atoms with E-state index in [0.29, 0.717) is 5.92 Å². The summed E-state index contributed by atoms with van der Waals surface area (Å²) in [7, 11) is 0. The van der Waals surface area contributed by atoms with Gasteiger partial charge in [0.1, 0.15) is 5.82 Å². The molecule has 2 atom stereocenters. The normalized spacial score (nSPS) is 23.4. The van der Waals surface area contributed by atoms with E-state index in [0.717, 1.165) is 24.8 Å². The average Bonchev–Trinajstić information content (AvgIpc) is 3.26. The van der Waals surface area contributed by atoms with Crippen LogP contribution in [-0.4, -0.2) is 26.3 Å². The molecule has 3 heterocycles. The molecule has 0 saturated heterocycles. The minimum Gasteiger partial charge on any atom is -0.312 e. The van der Waals surface area contributed by atoms with Crippen molar-refractivity contribution in [2.24, 2.45) is 5.92 Å². The van der Waals surface area contributed by atoms with Crippen molar-refractivity contribution >= 4 is 0 Å². The van der Waals surface area contributed by atoms with Gasteiger partial charge in [-0.3, -0.25) is 4.98 Å². The molecule has 20 heavy (non-hydrogen) atoms. The second-order valence-electron chi connectivity index (χ2n) is 5.86. The number of hydrogen-bond acceptors (Lipinski definition) is 4. The molecule has 5 nitrogen and oxygen atoms in total. The second-order valence-corrected chi connectivity index (χ2v) is 5.86. The zero-order chi connectivity index (χ0) is 13.5. The van der Waals surface area contributed by atoms with E-state index >= 15 is 0 Å². The SMILES string of the molecule is CC(c1nnc2n1CCNC2c1ccncc1)C1CC1. The molecule has 5 heteroatoms. The Morgan fingerprint density at radius 1 is 1.25 bits per heavy atom. The van der Waals surface area contributed by atoms with Crippen LogP contribution in [0.2, 0.25) is 0 Å². The Morgan fingerprint density at radius 2 is 2.05 bits per heavy atom. The number of nitrogens with zero attached hydrogens (tertiary/aromatic N) is 4. The van der Waals surface area contributed by atoms with Gasteiger partial charge in [0, 0.05) is 31.4 Å². The molecular formula is C15H19N5. The van der Waals surface area contributed by atoms with E-state index < -0.39 is 0 Å². The van der Waals surface area contributed by atoms with Crippen LogP contribution in [0.1, 0.15) is 48.9 Å². The highest BCUT2D eigenvalue weighted by Gasteiger charge is 2.34. The molecule has 4 rings (SSSR count). The topological polar surface area (TPSA) is 55.6 Å². The van der Waals surface area contributed by atoms with Crippen molar-refractivity contribution < 1.29 is 0 Å². The van der Waals surface area contributed by atoms with Crippen LogP contribution in [0.3, 0.4) is 0 Å². The summed E-state index contributed by atoms with van der Waals surface area (Å²) in [5.41, 5.74) is 1.21. The molecule has 1 aliphatic heterocycles. The van der Waals surface area contributed by atoms with Gasteiger partial charge in [-0.15, -0.1) is 10.2 Å². The fraction of sp³-hybridized carbons (Fsp3) is 0.533. The van der Waals surface area contributed by atoms with Crippen LogP contribution in [0, 0.1) is 5.92 Å². The molecule has 2 unspecified atom stereocenters. The van der Waals surface area contributed by atoms with E-state index in [2.05, 4.69) is 32.0 Å². The van der Waals surface area contributed by atoms with Gasteiger partial charge < -0.3 is 9.88 Å². The third-order valence-corrected chi connectivity index (χ3v) is 4.53. The summed E-state index contributed by atoms with van der Waals surface area (Å²) in [4.78, 5) is 4.09. The Hall–Kier alpha value is -1.75. The smallest absolute Gasteiger partial charge is 0.154 e. The van der Waals surface area contributed by atoms with Gasteiger partial charge in [0.2, 0.25) is 0 Å². The molecule has 0 spiro atoms. The highest BCUT2D eigenvalue weighted by molar-refractivity contribution is 5.24. The van der Waals surface area contributed by atoms with Crippen molar-refractivity contribution in [3.8, 4) is 0 Å². The van der Waals surface area contributed by atoms with Crippen LogP contribution >= 0.6 is 0 Å². The molecule has 2 aliphatic rings. The number of hydrogen-bond donors (Lipinski definition) is 1. The third kappa shape index (κ3) is 1.93. The monoisotopic (exact) mass is 269 g/mol. The summed E-state index contributed by atoms with van der Waals surface area (Å²) in [6.45, 7) is 4.22. The lowest BCUT2D eigenvalue weighted by atomic mass is 10.0. The second kappa shape index (κ2) is 4.66. The van der Waals surface area contributed by atoms with Crippen molar-refractivity contribution in [2.75, 3.05) is 6.54 Å². The predicted octanol–water partition coefficient (Wildman–Crippen LogP) is 1.88. The lowest BCUT2D eigenvalue weighted by molar-refractivity contribution is 0.435. The Bertz CT molecular complexity index is 602.